The maximum atomic E-state index is 12.6. The van der Waals surface area contributed by atoms with E-state index < -0.39 is 10.0 Å². The van der Waals surface area contributed by atoms with Crippen molar-refractivity contribution in [3.63, 3.8) is 0 Å². The lowest BCUT2D eigenvalue weighted by molar-refractivity contribution is -0.123. The van der Waals surface area contributed by atoms with E-state index in [-0.39, 0.29) is 17.6 Å². The number of sulfonamides is 1. The third-order valence-electron chi connectivity index (χ3n) is 5.62. The van der Waals surface area contributed by atoms with Gasteiger partial charge in [0.05, 0.1) is 11.0 Å². The fraction of sp³-hybridized carbons (Fsp3) is 0.625. The number of hydrogen-bond donors (Lipinski definition) is 1. The lowest BCUT2D eigenvalue weighted by Gasteiger charge is -2.56. The molecule has 0 bridgehead atoms. The van der Waals surface area contributed by atoms with Crippen LogP contribution >= 0.6 is 0 Å². The Hall–Kier alpha value is -0.910. The van der Waals surface area contributed by atoms with Crippen molar-refractivity contribution in [3.05, 3.63) is 30.3 Å². The molecule has 1 aliphatic heterocycles. The van der Waals surface area contributed by atoms with E-state index in [4.69, 9.17) is 4.74 Å². The van der Waals surface area contributed by atoms with Gasteiger partial charge in [0, 0.05) is 24.0 Å². The van der Waals surface area contributed by atoms with E-state index in [2.05, 4.69) is 4.72 Å². The summed E-state index contributed by atoms with van der Waals surface area (Å²) < 4.78 is 34.1. The van der Waals surface area contributed by atoms with E-state index in [1.807, 2.05) is 6.07 Å². The van der Waals surface area contributed by atoms with Crippen LogP contribution in [-0.4, -0.2) is 27.2 Å². The predicted octanol–water partition coefficient (Wildman–Crippen LogP) is 2.31. The Morgan fingerprint density at radius 3 is 2.57 bits per heavy atom. The van der Waals surface area contributed by atoms with Crippen LogP contribution in [0.2, 0.25) is 0 Å². The molecule has 4 nitrogen and oxygen atoms in total. The van der Waals surface area contributed by atoms with Gasteiger partial charge in [0.25, 0.3) is 0 Å². The van der Waals surface area contributed by atoms with Gasteiger partial charge in [-0.2, -0.15) is 0 Å². The van der Waals surface area contributed by atoms with Gasteiger partial charge in [-0.05, 0) is 31.4 Å². The molecule has 3 aliphatic rings. The van der Waals surface area contributed by atoms with E-state index in [0.717, 1.165) is 25.9 Å². The monoisotopic (exact) mass is 307 g/mol. The number of fused-ring (bicyclic) bond motifs is 2. The van der Waals surface area contributed by atoms with Crippen LogP contribution in [-0.2, 0) is 14.8 Å². The van der Waals surface area contributed by atoms with Gasteiger partial charge in [-0.1, -0.05) is 31.0 Å². The molecule has 1 heterocycles. The highest BCUT2D eigenvalue weighted by atomic mass is 32.2. The highest BCUT2D eigenvalue weighted by Crippen LogP contribution is 2.60. The molecule has 1 spiro atoms. The van der Waals surface area contributed by atoms with Gasteiger partial charge >= 0.3 is 0 Å². The number of benzene rings is 1. The number of hydrogen-bond acceptors (Lipinski definition) is 3. The third-order valence-corrected chi connectivity index (χ3v) is 7.08. The van der Waals surface area contributed by atoms with Gasteiger partial charge in [-0.3, -0.25) is 0 Å². The van der Waals surface area contributed by atoms with Gasteiger partial charge < -0.3 is 4.74 Å². The van der Waals surface area contributed by atoms with Gasteiger partial charge in [0.2, 0.25) is 10.0 Å². The SMILES string of the molecule is O=S(=O)(N[C@@H]1[C@H]2CCO[C@H]2C12CCCC2)c1ccccc1. The number of ether oxygens (including phenoxy) is 1. The zero-order chi connectivity index (χ0) is 14.5. The fourth-order valence-electron chi connectivity index (χ4n) is 4.69. The van der Waals surface area contributed by atoms with Crippen molar-refractivity contribution in [2.24, 2.45) is 11.3 Å². The standard InChI is InChI=1S/C16H21NO3S/c18-21(19,12-6-2-1-3-7-12)17-14-13-8-11-20-15(13)16(14)9-4-5-10-16/h1-3,6-7,13-15,17H,4-5,8-11H2/t13-,14-,15-/m1/s1. The minimum atomic E-state index is -3.43. The van der Waals surface area contributed by atoms with Gasteiger partial charge in [0.15, 0.2) is 0 Å². The quantitative estimate of drug-likeness (QED) is 0.932. The van der Waals surface area contributed by atoms with E-state index >= 15 is 0 Å². The minimum absolute atomic E-state index is 0.0534. The van der Waals surface area contributed by atoms with E-state index in [1.54, 1.807) is 24.3 Å². The Morgan fingerprint density at radius 2 is 1.86 bits per heavy atom. The summed E-state index contributed by atoms with van der Waals surface area (Å²) >= 11 is 0. The van der Waals surface area contributed by atoms with Crippen molar-refractivity contribution in [3.8, 4) is 0 Å². The molecule has 2 saturated carbocycles. The average Bonchev–Trinajstić information content (AvgIpc) is 3.14. The van der Waals surface area contributed by atoms with Gasteiger partial charge in [-0.25, -0.2) is 13.1 Å². The first kappa shape index (κ1) is 13.7. The van der Waals surface area contributed by atoms with Crippen molar-refractivity contribution >= 4 is 10.0 Å². The van der Waals surface area contributed by atoms with Crippen LogP contribution < -0.4 is 4.72 Å². The molecular weight excluding hydrogens is 286 g/mol. The number of nitrogens with one attached hydrogen (secondary N) is 1. The molecule has 0 aromatic heterocycles. The molecule has 1 aromatic rings. The summed E-state index contributed by atoms with van der Waals surface area (Å²) in [6.45, 7) is 0.778. The lowest BCUT2D eigenvalue weighted by Crippen LogP contribution is -2.68. The Kier molecular flexibility index (Phi) is 3.14. The molecule has 1 N–H and O–H groups in total. The second-order valence-electron chi connectivity index (χ2n) is 6.60. The topological polar surface area (TPSA) is 55.4 Å². The average molecular weight is 307 g/mol. The maximum Gasteiger partial charge on any atom is 0.240 e. The highest BCUT2D eigenvalue weighted by molar-refractivity contribution is 7.89. The molecule has 1 saturated heterocycles. The third kappa shape index (κ3) is 1.98. The summed E-state index contributed by atoms with van der Waals surface area (Å²) in [6, 6.07) is 8.74. The van der Waals surface area contributed by atoms with E-state index in [0.29, 0.717) is 10.8 Å². The number of rotatable bonds is 3. The van der Waals surface area contributed by atoms with Crippen LogP contribution in [0.25, 0.3) is 0 Å². The zero-order valence-electron chi connectivity index (χ0n) is 12.0. The molecule has 2 aliphatic carbocycles. The van der Waals surface area contributed by atoms with Crippen molar-refractivity contribution in [2.45, 2.75) is 49.1 Å². The molecule has 4 rings (SSSR count). The van der Waals surface area contributed by atoms with Crippen molar-refractivity contribution < 1.29 is 13.2 Å². The molecule has 0 unspecified atom stereocenters. The van der Waals surface area contributed by atoms with E-state index in [9.17, 15) is 8.42 Å². The molecule has 3 atom stereocenters. The molecule has 3 fully saturated rings. The summed E-state index contributed by atoms with van der Waals surface area (Å²) in [6.07, 6.45) is 5.83. The predicted molar refractivity (Wildman–Crippen MR) is 79.3 cm³/mol. The summed E-state index contributed by atoms with van der Waals surface area (Å²) in [7, 11) is -3.43. The molecule has 0 amide bonds. The second kappa shape index (κ2) is 4.80. The van der Waals surface area contributed by atoms with Crippen LogP contribution in [0, 0.1) is 11.3 Å². The summed E-state index contributed by atoms with van der Waals surface area (Å²) in [5.41, 5.74) is 0.0585. The van der Waals surface area contributed by atoms with Crippen LogP contribution in [0.1, 0.15) is 32.1 Å². The Bertz CT molecular complexity index is 622. The highest BCUT2D eigenvalue weighted by Gasteiger charge is 2.65. The lowest BCUT2D eigenvalue weighted by atomic mass is 9.55. The molecule has 1 aromatic carbocycles. The first-order chi connectivity index (χ1) is 10.1. The minimum Gasteiger partial charge on any atom is -0.377 e. The van der Waals surface area contributed by atoms with Crippen molar-refractivity contribution in [1.29, 1.82) is 0 Å². The van der Waals surface area contributed by atoms with Crippen molar-refractivity contribution in [1.82, 2.24) is 4.72 Å². The zero-order valence-corrected chi connectivity index (χ0v) is 12.8. The Morgan fingerprint density at radius 1 is 1.14 bits per heavy atom. The molecule has 114 valence electrons. The first-order valence-corrected chi connectivity index (χ1v) is 9.31. The molecule has 5 heteroatoms. The van der Waals surface area contributed by atoms with Crippen LogP contribution in [0.3, 0.4) is 0 Å². The van der Waals surface area contributed by atoms with Gasteiger partial charge in [0.1, 0.15) is 0 Å². The molecule has 21 heavy (non-hydrogen) atoms. The Labute approximate surface area is 125 Å². The fourth-order valence-corrected chi connectivity index (χ4v) is 6.09. The van der Waals surface area contributed by atoms with Crippen LogP contribution in [0.4, 0.5) is 0 Å². The normalized spacial score (nSPS) is 33.8. The summed E-state index contributed by atoms with van der Waals surface area (Å²) in [5, 5.41) is 0. The molecular formula is C16H21NO3S. The first-order valence-electron chi connectivity index (χ1n) is 7.82. The summed E-state index contributed by atoms with van der Waals surface area (Å²) in [4.78, 5) is 0.362. The van der Waals surface area contributed by atoms with Crippen LogP contribution in [0.5, 0.6) is 0 Å². The smallest absolute Gasteiger partial charge is 0.240 e. The molecule has 0 radical (unpaired) electrons. The second-order valence-corrected chi connectivity index (χ2v) is 8.31. The van der Waals surface area contributed by atoms with Gasteiger partial charge in [-0.15, -0.1) is 0 Å². The largest absolute Gasteiger partial charge is 0.377 e. The van der Waals surface area contributed by atoms with Crippen LogP contribution in [0.15, 0.2) is 35.2 Å². The Balaban J connectivity index is 1.61. The van der Waals surface area contributed by atoms with E-state index in [1.165, 1.54) is 12.8 Å². The summed E-state index contributed by atoms with van der Waals surface area (Å²) in [5.74, 6) is 0.363. The maximum absolute atomic E-state index is 12.6. The van der Waals surface area contributed by atoms with Crippen molar-refractivity contribution in [2.75, 3.05) is 6.61 Å².